The van der Waals surface area contributed by atoms with Gasteiger partial charge in [-0.2, -0.15) is 4.37 Å². The number of carboxylic acid groups (broad SMARTS) is 1. The van der Waals surface area contributed by atoms with Crippen LogP contribution >= 0.6 is 11.5 Å². The average Bonchev–Trinajstić information content (AvgIpc) is 2.50. The summed E-state index contributed by atoms with van der Waals surface area (Å²) < 4.78 is 4.03. The molecule has 0 aliphatic heterocycles. The van der Waals surface area contributed by atoms with Crippen LogP contribution in [0.25, 0.3) is 0 Å². The van der Waals surface area contributed by atoms with E-state index in [0.717, 1.165) is 12.8 Å². The van der Waals surface area contributed by atoms with E-state index in [0.29, 0.717) is 11.0 Å². The molecule has 0 saturated heterocycles. The summed E-state index contributed by atoms with van der Waals surface area (Å²) in [6.07, 6.45) is 1.89. The number of aromatic nitrogens is 2. The highest BCUT2D eigenvalue weighted by molar-refractivity contribution is 7.09. The fourth-order valence-corrected chi connectivity index (χ4v) is 1.97. The second-order valence-electron chi connectivity index (χ2n) is 3.37. The van der Waals surface area contributed by atoms with Gasteiger partial charge in [0, 0.05) is 17.6 Å². The Kier molecular flexibility index (Phi) is 4.48. The number of rotatable bonds is 6. The van der Waals surface area contributed by atoms with Crippen molar-refractivity contribution in [3.05, 3.63) is 5.82 Å². The first-order chi connectivity index (χ1) is 7.11. The van der Waals surface area contributed by atoms with Crippen LogP contribution in [0.4, 0.5) is 5.13 Å². The molecule has 0 amide bonds. The van der Waals surface area contributed by atoms with Gasteiger partial charge >= 0.3 is 5.97 Å². The molecule has 6 heteroatoms. The smallest absolute Gasteiger partial charge is 0.305 e. The van der Waals surface area contributed by atoms with Crippen molar-refractivity contribution in [2.75, 3.05) is 5.32 Å². The maximum atomic E-state index is 10.6. The van der Waals surface area contributed by atoms with Crippen LogP contribution in [0, 0.1) is 6.92 Å². The number of nitrogens with zero attached hydrogens (tertiary/aromatic N) is 2. The minimum absolute atomic E-state index is 0.0557. The van der Waals surface area contributed by atoms with Gasteiger partial charge in [0.1, 0.15) is 5.82 Å². The second kappa shape index (κ2) is 5.65. The van der Waals surface area contributed by atoms with Crippen molar-refractivity contribution < 1.29 is 9.90 Å². The maximum absolute atomic E-state index is 10.6. The average molecular weight is 229 g/mol. The van der Waals surface area contributed by atoms with Crippen molar-refractivity contribution in [1.29, 1.82) is 0 Å². The lowest BCUT2D eigenvalue weighted by atomic mass is 10.1. The summed E-state index contributed by atoms with van der Waals surface area (Å²) in [5.74, 6) is -0.0738. The minimum Gasteiger partial charge on any atom is -0.481 e. The Balaban J connectivity index is 2.53. The number of anilines is 1. The van der Waals surface area contributed by atoms with Crippen LogP contribution in [-0.4, -0.2) is 26.5 Å². The van der Waals surface area contributed by atoms with Crippen LogP contribution in [0.3, 0.4) is 0 Å². The first kappa shape index (κ1) is 11.9. The van der Waals surface area contributed by atoms with E-state index in [1.807, 2.05) is 13.8 Å². The monoisotopic (exact) mass is 229 g/mol. The van der Waals surface area contributed by atoms with Gasteiger partial charge in [-0.25, -0.2) is 4.98 Å². The number of carboxylic acids is 1. The van der Waals surface area contributed by atoms with E-state index in [-0.39, 0.29) is 12.5 Å². The van der Waals surface area contributed by atoms with Gasteiger partial charge in [-0.15, -0.1) is 0 Å². The van der Waals surface area contributed by atoms with E-state index in [2.05, 4.69) is 14.7 Å². The molecule has 5 nitrogen and oxygen atoms in total. The van der Waals surface area contributed by atoms with Crippen molar-refractivity contribution in [1.82, 2.24) is 9.36 Å². The Morgan fingerprint density at radius 1 is 1.67 bits per heavy atom. The molecule has 1 aromatic heterocycles. The Hall–Kier alpha value is -1.17. The molecule has 1 heterocycles. The number of hydrogen-bond acceptors (Lipinski definition) is 5. The lowest BCUT2D eigenvalue weighted by Crippen LogP contribution is -2.22. The number of nitrogens with one attached hydrogen (secondary N) is 1. The number of aliphatic carboxylic acids is 1. The van der Waals surface area contributed by atoms with Gasteiger partial charge in [0.2, 0.25) is 5.13 Å². The van der Waals surface area contributed by atoms with Crippen LogP contribution in [0.1, 0.15) is 32.0 Å². The highest BCUT2D eigenvalue weighted by atomic mass is 32.1. The molecule has 0 fully saturated rings. The molecule has 0 spiro atoms. The summed E-state index contributed by atoms with van der Waals surface area (Å²) in [4.78, 5) is 14.8. The van der Waals surface area contributed by atoms with Gasteiger partial charge in [-0.3, -0.25) is 4.79 Å². The Labute approximate surface area is 92.7 Å². The second-order valence-corrected chi connectivity index (χ2v) is 4.13. The molecule has 1 rings (SSSR count). The zero-order valence-corrected chi connectivity index (χ0v) is 9.67. The Bertz CT molecular complexity index is 327. The van der Waals surface area contributed by atoms with Gasteiger partial charge in [-0.05, 0) is 13.3 Å². The maximum Gasteiger partial charge on any atom is 0.305 e. The number of aryl methyl sites for hydroxylation is 1. The molecule has 2 N–H and O–H groups in total. The van der Waals surface area contributed by atoms with Gasteiger partial charge in [0.15, 0.2) is 0 Å². The third-order valence-electron chi connectivity index (χ3n) is 1.91. The van der Waals surface area contributed by atoms with E-state index in [4.69, 9.17) is 5.11 Å². The van der Waals surface area contributed by atoms with E-state index in [9.17, 15) is 4.79 Å². The normalized spacial score (nSPS) is 12.4. The quantitative estimate of drug-likeness (QED) is 0.779. The van der Waals surface area contributed by atoms with Crippen LogP contribution in [0.2, 0.25) is 0 Å². The highest BCUT2D eigenvalue weighted by Gasteiger charge is 2.13. The Morgan fingerprint density at radius 3 is 2.87 bits per heavy atom. The van der Waals surface area contributed by atoms with Gasteiger partial charge < -0.3 is 10.4 Å². The largest absolute Gasteiger partial charge is 0.481 e. The van der Waals surface area contributed by atoms with Crippen LogP contribution in [-0.2, 0) is 4.79 Å². The summed E-state index contributed by atoms with van der Waals surface area (Å²) >= 11 is 1.27. The fourth-order valence-electron chi connectivity index (χ4n) is 1.31. The third kappa shape index (κ3) is 4.24. The summed E-state index contributed by atoms with van der Waals surface area (Å²) in [5.41, 5.74) is 0. The van der Waals surface area contributed by atoms with Crippen molar-refractivity contribution in [2.24, 2.45) is 0 Å². The summed E-state index contributed by atoms with van der Waals surface area (Å²) in [6.45, 7) is 3.84. The molecule has 0 aromatic carbocycles. The van der Waals surface area contributed by atoms with E-state index < -0.39 is 5.97 Å². The topological polar surface area (TPSA) is 75.1 Å². The zero-order chi connectivity index (χ0) is 11.3. The van der Waals surface area contributed by atoms with Crippen LogP contribution in [0.5, 0.6) is 0 Å². The highest BCUT2D eigenvalue weighted by Crippen LogP contribution is 2.15. The minimum atomic E-state index is -0.790. The SMILES string of the molecule is CCCC(CC(=O)O)Nc1nc(C)ns1. The van der Waals surface area contributed by atoms with Crippen molar-refractivity contribution in [3.8, 4) is 0 Å². The Morgan fingerprint density at radius 2 is 2.40 bits per heavy atom. The van der Waals surface area contributed by atoms with Crippen LogP contribution in [0.15, 0.2) is 0 Å². The first-order valence-electron chi connectivity index (χ1n) is 4.90. The predicted octanol–water partition coefficient (Wildman–Crippen LogP) is 1.90. The van der Waals surface area contributed by atoms with E-state index in [1.54, 1.807) is 0 Å². The van der Waals surface area contributed by atoms with Crippen molar-refractivity contribution in [3.63, 3.8) is 0 Å². The summed E-state index contributed by atoms with van der Waals surface area (Å²) in [7, 11) is 0. The third-order valence-corrected chi connectivity index (χ3v) is 2.65. The van der Waals surface area contributed by atoms with E-state index >= 15 is 0 Å². The summed E-state index contributed by atoms with van der Waals surface area (Å²) in [5, 5.41) is 12.5. The van der Waals surface area contributed by atoms with Gasteiger partial charge in [-0.1, -0.05) is 13.3 Å². The number of hydrogen-bond donors (Lipinski definition) is 2. The molecule has 15 heavy (non-hydrogen) atoms. The molecule has 0 saturated carbocycles. The molecular weight excluding hydrogens is 214 g/mol. The predicted molar refractivity (Wildman–Crippen MR) is 59.2 cm³/mol. The van der Waals surface area contributed by atoms with Gasteiger partial charge in [0.05, 0.1) is 6.42 Å². The standard InChI is InChI=1S/C9H15N3O2S/c1-3-4-7(5-8(13)14)11-9-10-6(2)12-15-9/h7H,3-5H2,1-2H3,(H,13,14)(H,10,11,12). The number of carbonyl (C=O) groups is 1. The molecule has 1 unspecified atom stereocenters. The summed E-state index contributed by atoms with van der Waals surface area (Å²) in [6, 6.07) is -0.0557. The lowest BCUT2D eigenvalue weighted by Gasteiger charge is -2.14. The van der Waals surface area contributed by atoms with Crippen LogP contribution < -0.4 is 5.32 Å². The first-order valence-corrected chi connectivity index (χ1v) is 5.67. The molecule has 0 radical (unpaired) electrons. The molecular formula is C9H15N3O2S. The molecule has 84 valence electrons. The fraction of sp³-hybridized carbons (Fsp3) is 0.667. The zero-order valence-electron chi connectivity index (χ0n) is 8.86. The molecule has 0 aliphatic rings. The van der Waals surface area contributed by atoms with Crippen molar-refractivity contribution in [2.45, 2.75) is 39.2 Å². The molecule has 0 bridgehead atoms. The van der Waals surface area contributed by atoms with Gasteiger partial charge in [0.25, 0.3) is 0 Å². The van der Waals surface area contributed by atoms with E-state index in [1.165, 1.54) is 11.5 Å². The molecule has 1 aromatic rings. The van der Waals surface area contributed by atoms with Crippen molar-refractivity contribution >= 4 is 22.6 Å². The lowest BCUT2D eigenvalue weighted by molar-refractivity contribution is -0.137. The molecule has 1 atom stereocenters. The molecule has 0 aliphatic carbocycles.